The Morgan fingerprint density at radius 2 is 2.04 bits per heavy atom. The van der Waals surface area contributed by atoms with Gasteiger partial charge in [0, 0.05) is 44.0 Å². The lowest BCUT2D eigenvalue weighted by molar-refractivity contribution is 0.163. The summed E-state index contributed by atoms with van der Waals surface area (Å²) >= 11 is 1.79. The van der Waals surface area contributed by atoms with Gasteiger partial charge in [-0.05, 0) is 40.2 Å². The Bertz CT molecular complexity index is 498. The summed E-state index contributed by atoms with van der Waals surface area (Å²) in [5.74, 6) is 0.889. The van der Waals surface area contributed by atoms with Gasteiger partial charge in [-0.3, -0.25) is 9.89 Å². The predicted molar refractivity (Wildman–Crippen MR) is 115 cm³/mol. The molecule has 0 spiro atoms. The van der Waals surface area contributed by atoms with Crippen molar-refractivity contribution in [3.63, 3.8) is 0 Å². The molecule has 2 heterocycles. The number of aryl methyl sites for hydroxylation is 2. The maximum atomic E-state index is 4.58. The van der Waals surface area contributed by atoms with Gasteiger partial charge in [0.25, 0.3) is 0 Å². The number of aromatic nitrogens is 1. The highest BCUT2D eigenvalue weighted by atomic mass is 127. The molecule has 24 heavy (non-hydrogen) atoms. The van der Waals surface area contributed by atoms with Crippen molar-refractivity contribution < 1.29 is 0 Å². The lowest BCUT2D eigenvalue weighted by Gasteiger charge is -2.33. The molecule has 1 atom stereocenters. The van der Waals surface area contributed by atoms with Crippen LogP contribution in [0.25, 0.3) is 0 Å². The minimum atomic E-state index is 0. The van der Waals surface area contributed by atoms with Crippen LogP contribution in [0.15, 0.2) is 4.99 Å². The van der Waals surface area contributed by atoms with Crippen molar-refractivity contribution in [3.8, 4) is 0 Å². The number of halogens is 1. The van der Waals surface area contributed by atoms with Crippen molar-refractivity contribution >= 4 is 41.3 Å². The molecular formula is C17H32IN5S. The molecule has 0 saturated carbocycles. The molecule has 0 aliphatic carbocycles. The van der Waals surface area contributed by atoms with Gasteiger partial charge in [-0.2, -0.15) is 0 Å². The topological polar surface area (TPSA) is 52.6 Å². The normalized spacial score (nSPS) is 19.0. The first-order valence-corrected chi connectivity index (χ1v) is 9.53. The van der Waals surface area contributed by atoms with Crippen LogP contribution in [0.1, 0.15) is 41.8 Å². The number of nitrogens with zero attached hydrogens (tertiary/aromatic N) is 3. The van der Waals surface area contributed by atoms with Crippen molar-refractivity contribution in [2.24, 2.45) is 4.99 Å². The highest BCUT2D eigenvalue weighted by Gasteiger charge is 2.17. The summed E-state index contributed by atoms with van der Waals surface area (Å²) in [6, 6.07) is 0.719. The zero-order valence-corrected chi connectivity index (χ0v) is 18.5. The fourth-order valence-electron chi connectivity index (χ4n) is 2.96. The van der Waals surface area contributed by atoms with Crippen molar-refractivity contribution in [2.75, 3.05) is 33.2 Å². The molecule has 1 unspecified atom stereocenters. The number of nitrogens with one attached hydrogen (secondary N) is 2. The van der Waals surface area contributed by atoms with Crippen LogP contribution in [0.3, 0.4) is 0 Å². The number of hydrogen-bond donors (Lipinski definition) is 2. The zero-order chi connectivity index (χ0) is 16.7. The quantitative estimate of drug-likeness (QED) is 0.386. The zero-order valence-electron chi connectivity index (χ0n) is 15.4. The van der Waals surface area contributed by atoms with Crippen LogP contribution in [0.5, 0.6) is 0 Å². The molecule has 0 amide bonds. The fraction of sp³-hybridized carbons (Fsp3) is 0.765. The predicted octanol–water partition coefficient (Wildman–Crippen LogP) is 2.96. The van der Waals surface area contributed by atoms with E-state index in [-0.39, 0.29) is 24.0 Å². The van der Waals surface area contributed by atoms with Gasteiger partial charge in [0.1, 0.15) is 0 Å². The van der Waals surface area contributed by atoms with Gasteiger partial charge in [0.05, 0.1) is 10.7 Å². The molecule has 0 aromatic carbocycles. The van der Waals surface area contributed by atoms with Gasteiger partial charge in [-0.25, -0.2) is 4.98 Å². The van der Waals surface area contributed by atoms with Crippen LogP contribution in [-0.2, 0) is 6.42 Å². The minimum absolute atomic E-state index is 0. The highest BCUT2D eigenvalue weighted by molar-refractivity contribution is 14.0. The molecule has 1 aliphatic heterocycles. The van der Waals surface area contributed by atoms with Crippen molar-refractivity contribution in [2.45, 2.75) is 52.5 Å². The minimum Gasteiger partial charge on any atom is -0.356 e. The molecule has 5 nitrogen and oxygen atoms in total. The van der Waals surface area contributed by atoms with E-state index in [1.165, 1.54) is 35.7 Å². The first-order chi connectivity index (χ1) is 11.1. The van der Waals surface area contributed by atoms with Crippen molar-refractivity contribution in [1.82, 2.24) is 20.5 Å². The van der Waals surface area contributed by atoms with E-state index >= 15 is 0 Å². The summed E-state index contributed by atoms with van der Waals surface area (Å²) in [5.41, 5.74) is 1.16. The van der Waals surface area contributed by atoms with Gasteiger partial charge < -0.3 is 10.6 Å². The Balaban J connectivity index is 0.00000288. The standard InChI is InChI=1S/C17H31N5S.HI/c1-13-7-5-6-11-22(13)12-10-20-17(18-4)19-9-8-16-21-14(2)15(3)23-16;/h13H,5-12H2,1-4H3,(H2,18,19,20);1H. The maximum Gasteiger partial charge on any atom is 0.191 e. The molecule has 1 aliphatic rings. The van der Waals surface area contributed by atoms with Gasteiger partial charge in [-0.1, -0.05) is 6.42 Å². The van der Waals surface area contributed by atoms with E-state index in [1.807, 2.05) is 7.05 Å². The van der Waals surface area contributed by atoms with Crippen molar-refractivity contribution in [1.29, 1.82) is 0 Å². The second-order valence-electron chi connectivity index (χ2n) is 6.31. The van der Waals surface area contributed by atoms with E-state index in [9.17, 15) is 0 Å². The van der Waals surface area contributed by atoms with E-state index in [1.54, 1.807) is 11.3 Å². The van der Waals surface area contributed by atoms with Crippen molar-refractivity contribution in [3.05, 3.63) is 15.6 Å². The molecule has 0 radical (unpaired) electrons. The number of guanidine groups is 1. The third-order valence-electron chi connectivity index (χ3n) is 4.56. The summed E-state index contributed by atoms with van der Waals surface area (Å²) in [6.07, 6.45) is 5.00. The Labute approximate surface area is 167 Å². The van der Waals surface area contributed by atoms with E-state index in [0.717, 1.165) is 43.8 Å². The first-order valence-electron chi connectivity index (χ1n) is 8.71. The average Bonchev–Trinajstić information content (AvgIpc) is 2.86. The third-order valence-corrected chi connectivity index (χ3v) is 5.69. The van der Waals surface area contributed by atoms with Crippen LogP contribution >= 0.6 is 35.3 Å². The van der Waals surface area contributed by atoms with Crippen LogP contribution in [0, 0.1) is 13.8 Å². The van der Waals surface area contributed by atoms with Gasteiger partial charge in [0.2, 0.25) is 0 Å². The summed E-state index contributed by atoms with van der Waals surface area (Å²) in [7, 11) is 1.83. The number of hydrogen-bond acceptors (Lipinski definition) is 4. The molecule has 1 aromatic rings. The fourth-order valence-corrected chi connectivity index (χ4v) is 3.90. The molecule has 0 bridgehead atoms. The van der Waals surface area contributed by atoms with Gasteiger partial charge in [0.15, 0.2) is 5.96 Å². The number of thiazole rings is 1. The SMILES string of the molecule is CN=C(NCCc1nc(C)c(C)s1)NCCN1CCCCC1C.I. The Morgan fingerprint density at radius 1 is 1.29 bits per heavy atom. The van der Waals surface area contributed by atoms with Crippen LogP contribution in [0.4, 0.5) is 0 Å². The smallest absolute Gasteiger partial charge is 0.191 e. The molecule has 2 N–H and O–H groups in total. The second-order valence-corrected chi connectivity index (χ2v) is 7.59. The second kappa shape index (κ2) is 11.3. The third kappa shape index (κ3) is 6.84. The first kappa shape index (κ1) is 21.6. The number of likely N-dealkylation sites (tertiary alicyclic amines) is 1. The summed E-state index contributed by atoms with van der Waals surface area (Å²) in [5, 5.41) is 8.00. The summed E-state index contributed by atoms with van der Waals surface area (Å²) in [4.78, 5) is 12.8. The van der Waals surface area contributed by atoms with Gasteiger partial charge >= 0.3 is 0 Å². The monoisotopic (exact) mass is 465 g/mol. The van der Waals surface area contributed by atoms with Crippen LogP contribution < -0.4 is 10.6 Å². The molecule has 138 valence electrons. The average molecular weight is 465 g/mol. The number of rotatable bonds is 6. The molecular weight excluding hydrogens is 433 g/mol. The maximum absolute atomic E-state index is 4.58. The summed E-state index contributed by atoms with van der Waals surface area (Å²) in [6.45, 7) is 10.7. The van der Waals surface area contributed by atoms with E-state index in [4.69, 9.17) is 0 Å². The van der Waals surface area contributed by atoms with E-state index < -0.39 is 0 Å². The number of piperidine rings is 1. The van der Waals surface area contributed by atoms with E-state index in [2.05, 4.69) is 46.3 Å². The van der Waals surface area contributed by atoms with Crippen LogP contribution in [-0.4, -0.2) is 55.1 Å². The van der Waals surface area contributed by atoms with E-state index in [0.29, 0.717) is 0 Å². The Kier molecular flexibility index (Phi) is 10.1. The lowest BCUT2D eigenvalue weighted by atomic mass is 10.0. The molecule has 1 aromatic heterocycles. The Morgan fingerprint density at radius 3 is 2.67 bits per heavy atom. The summed E-state index contributed by atoms with van der Waals surface area (Å²) < 4.78 is 0. The number of aliphatic imine (C=N–C) groups is 1. The van der Waals surface area contributed by atoms with Gasteiger partial charge in [-0.15, -0.1) is 35.3 Å². The largest absolute Gasteiger partial charge is 0.356 e. The molecule has 7 heteroatoms. The molecule has 1 saturated heterocycles. The highest BCUT2D eigenvalue weighted by Crippen LogP contribution is 2.16. The molecule has 1 fully saturated rings. The lowest BCUT2D eigenvalue weighted by Crippen LogP contribution is -2.45. The Hall–Kier alpha value is -0.410. The van der Waals surface area contributed by atoms with Crippen LogP contribution in [0.2, 0.25) is 0 Å². The molecule has 2 rings (SSSR count).